The van der Waals surface area contributed by atoms with Crippen LogP contribution in [-0.4, -0.2) is 37.5 Å². The minimum absolute atomic E-state index is 0. The fourth-order valence-corrected chi connectivity index (χ4v) is 0.869. The monoisotopic (exact) mass is 302 g/mol. The van der Waals surface area contributed by atoms with Crippen molar-refractivity contribution in [1.82, 2.24) is 0 Å². The summed E-state index contributed by atoms with van der Waals surface area (Å²) in [4.78, 5) is 21.8. The molecule has 1 atom stereocenters. The van der Waals surface area contributed by atoms with Crippen LogP contribution in [0, 0.1) is 0 Å². The molecule has 0 fully saturated rings. The third-order valence-corrected chi connectivity index (χ3v) is 2.07. The minimum atomic E-state index is -0.613. The summed E-state index contributed by atoms with van der Waals surface area (Å²) in [6, 6.07) is 0. The Balaban J connectivity index is -0.000000845. The number of hydrogen-bond donors (Lipinski definition) is 0. The summed E-state index contributed by atoms with van der Waals surface area (Å²) in [6.45, 7) is 6.71. The van der Waals surface area contributed by atoms with E-state index in [1.807, 2.05) is 6.92 Å². The van der Waals surface area contributed by atoms with Gasteiger partial charge in [0.1, 0.15) is 0 Å². The van der Waals surface area contributed by atoms with Gasteiger partial charge in [-0.15, -0.1) is 0 Å². The summed E-state index contributed by atoms with van der Waals surface area (Å²) in [7, 11) is 2.53. The molecule has 0 aromatic rings. The molecule has 4 nitrogen and oxygen atoms in total. The van der Waals surface area contributed by atoms with E-state index in [0.717, 1.165) is 7.28 Å². The maximum absolute atomic E-state index is 11.2. The van der Waals surface area contributed by atoms with Crippen LogP contribution < -0.4 is 0 Å². The van der Waals surface area contributed by atoms with Crippen LogP contribution in [0.4, 0.5) is 4.79 Å². The number of amides is 1. The average molecular weight is 302 g/mol. The predicted molar refractivity (Wildman–Crippen MR) is 62.5 cm³/mol. The zero-order valence-electron chi connectivity index (χ0n) is 9.90. The quantitative estimate of drug-likeness (QED) is 0.731. The molecule has 0 bridgehead atoms. The number of methoxy groups -OCH3 is 1. The van der Waals surface area contributed by atoms with E-state index in [4.69, 9.17) is 4.74 Å². The topological polar surface area (TPSA) is 57.5 Å². The smallest absolute Gasteiger partial charge is 0.264 e. The summed E-state index contributed by atoms with van der Waals surface area (Å²) >= 11 is 0. The van der Waals surface area contributed by atoms with Crippen LogP contribution in [-0.2, 0) is 42.2 Å². The van der Waals surface area contributed by atoms with E-state index >= 15 is 0 Å². The molecule has 90 valence electrons. The molecular formula is C10H20BNO3Y-. The summed E-state index contributed by atoms with van der Waals surface area (Å²) in [6.07, 6.45) is -0.174. The van der Waals surface area contributed by atoms with Crippen LogP contribution >= 0.6 is 0 Å². The van der Waals surface area contributed by atoms with Crippen molar-refractivity contribution >= 4 is 18.8 Å². The van der Waals surface area contributed by atoms with Gasteiger partial charge in [0.25, 0.3) is 7.28 Å². The van der Waals surface area contributed by atoms with E-state index in [1.54, 1.807) is 21.0 Å². The van der Waals surface area contributed by atoms with Gasteiger partial charge in [0.2, 0.25) is 0 Å². The third-order valence-electron chi connectivity index (χ3n) is 2.07. The maximum atomic E-state index is 11.2. The second kappa shape index (κ2) is 9.31. The first-order valence-corrected chi connectivity index (χ1v) is 4.44. The number of carbonyl (C=O) groups is 2. The van der Waals surface area contributed by atoms with Gasteiger partial charge in [-0.1, -0.05) is 26.8 Å². The average Bonchev–Trinajstić information content (AvgIpc) is 1.99. The van der Waals surface area contributed by atoms with Crippen molar-refractivity contribution in [3.8, 4) is 0 Å². The Bertz CT molecular complexity index is 234. The van der Waals surface area contributed by atoms with Crippen LogP contribution in [0.3, 0.4) is 0 Å². The molecule has 0 heterocycles. The van der Waals surface area contributed by atoms with E-state index in [9.17, 15) is 9.59 Å². The number of ether oxygens (including phenoxy) is 1. The second-order valence-electron chi connectivity index (χ2n) is 3.74. The number of nitrogens with zero attached hydrogens (tertiary/aromatic N) is 1. The molecule has 0 spiro atoms. The summed E-state index contributed by atoms with van der Waals surface area (Å²) in [5, 5.41) is 3.88. The van der Waals surface area contributed by atoms with Crippen molar-refractivity contribution in [2.24, 2.45) is 0 Å². The molecule has 0 N–H and O–H groups in total. The largest absolute Gasteiger partial charge is 0.655 e. The summed E-state index contributed by atoms with van der Waals surface area (Å²) in [5.74, 6) is -0.508. The molecular weight excluding hydrogens is 282 g/mol. The standard InChI is InChI=1S/C9H17BNO3.CH4.Y/c1-6(14-5)9(3,4)11-8(13)10-7(2)12;;/h6H,1-5H3,(H,11,13);1H4;/p-1. The first-order valence-electron chi connectivity index (χ1n) is 4.44. The normalized spacial score (nSPS) is 11.6. The first-order chi connectivity index (χ1) is 6.29. The van der Waals surface area contributed by atoms with Crippen molar-refractivity contribution in [2.45, 2.75) is 46.8 Å². The van der Waals surface area contributed by atoms with Gasteiger partial charge >= 0.3 is 0 Å². The van der Waals surface area contributed by atoms with E-state index in [-0.39, 0.29) is 51.9 Å². The van der Waals surface area contributed by atoms with Crippen molar-refractivity contribution in [3.63, 3.8) is 0 Å². The van der Waals surface area contributed by atoms with Crippen LogP contribution in [0.1, 0.15) is 35.1 Å². The first kappa shape index (κ1) is 21.5. The van der Waals surface area contributed by atoms with Crippen molar-refractivity contribution < 1.29 is 47.0 Å². The Hall–Kier alpha value is 0.269. The van der Waals surface area contributed by atoms with Crippen molar-refractivity contribution in [2.75, 3.05) is 7.11 Å². The molecule has 0 aliphatic carbocycles. The molecule has 1 amide bonds. The Morgan fingerprint density at radius 2 is 1.81 bits per heavy atom. The molecule has 0 aliphatic heterocycles. The predicted octanol–water partition coefficient (Wildman–Crippen LogP) is 2.18. The van der Waals surface area contributed by atoms with Gasteiger partial charge in [-0.3, -0.25) is 0 Å². The van der Waals surface area contributed by atoms with Gasteiger partial charge < -0.3 is 19.6 Å². The number of hydrogen-bond acceptors (Lipinski definition) is 3. The molecule has 0 saturated heterocycles. The maximum Gasteiger partial charge on any atom is 0.264 e. The van der Waals surface area contributed by atoms with Gasteiger partial charge in [-0.2, -0.15) is 0 Å². The Morgan fingerprint density at radius 1 is 1.38 bits per heavy atom. The Morgan fingerprint density at radius 3 is 2.12 bits per heavy atom. The zero-order chi connectivity index (χ0) is 11.4. The van der Waals surface area contributed by atoms with Gasteiger partial charge in [0.05, 0.1) is 5.68 Å². The van der Waals surface area contributed by atoms with Crippen LogP contribution in [0.2, 0.25) is 0 Å². The molecule has 0 aromatic carbocycles. The fourth-order valence-electron chi connectivity index (χ4n) is 0.869. The van der Waals surface area contributed by atoms with Gasteiger partial charge in [0.15, 0.2) is 0 Å². The number of carbonyl (C=O) groups excluding carboxylic acids is 2. The second-order valence-corrected chi connectivity index (χ2v) is 3.74. The third kappa shape index (κ3) is 8.42. The molecule has 0 aliphatic rings. The van der Waals surface area contributed by atoms with E-state index < -0.39 is 11.3 Å². The zero-order valence-corrected chi connectivity index (χ0v) is 12.7. The Kier molecular flexibility index (Phi) is 12.5. The SMILES string of the molecule is C.COC(C)C(C)(C)[N-]C(=O)[B]C(C)=O.[Y]. The molecule has 0 rings (SSSR count). The van der Waals surface area contributed by atoms with E-state index in [0.29, 0.717) is 0 Å². The fraction of sp³-hybridized carbons (Fsp3) is 0.800. The molecule has 16 heavy (non-hydrogen) atoms. The van der Waals surface area contributed by atoms with Crippen LogP contribution in [0.5, 0.6) is 0 Å². The molecule has 1 unspecified atom stereocenters. The van der Waals surface area contributed by atoms with Crippen LogP contribution in [0.15, 0.2) is 0 Å². The Labute approximate surface area is 124 Å². The minimum Gasteiger partial charge on any atom is -0.655 e. The van der Waals surface area contributed by atoms with Gasteiger partial charge in [0, 0.05) is 51.7 Å². The molecule has 0 aromatic heterocycles. The van der Waals surface area contributed by atoms with Gasteiger partial charge in [-0.25, -0.2) is 0 Å². The molecule has 6 heteroatoms. The summed E-state index contributed by atoms with van der Waals surface area (Å²) < 4.78 is 5.08. The van der Waals surface area contributed by atoms with E-state index in [1.165, 1.54) is 6.92 Å². The summed E-state index contributed by atoms with van der Waals surface area (Å²) in [5.41, 5.74) is -0.905. The van der Waals surface area contributed by atoms with Gasteiger partial charge in [-0.05, 0) is 13.8 Å². The van der Waals surface area contributed by atoms with E-state index in [2.05, 4.69) is 5.32 Å². The van der Waals surface area contributed by atoms with Crippen LogP contribution in [0.25, 0.3) is 5.32 Å². The number of rotatable bonds is 5. The van der Waals surface area contributed by atoms with Crippen molar-refractivity contribution in [3.05, 3.63) is 5.32 Å². The molecule has 0 saturated carbocycles. The van der Waals surface area contributed by atoms with Crippen molar-refractivity contribution in [1.29, 1.82) is 0 Å². The molecule has 2 radical (unpaired) electrons.